The van der Waals surface area contributed by atoms with Crippen LogP contribution < -0.4 is 10.6 Å². The first-order chi connectivity index (χ1) is 13.2. The minimum Gasteiger partial charge on any atom is -0.756 e. The molecule has 2 unspecified atom stereocenters. The molecule has 0 aliphatic carbocycles. The number of nitrogens with two attached hydrogens (primary N) is 1. The number of unbranched alkanes of at least 4 members (excludes halogenated alkanes) is 2. The van der Waals surface area contributed by atoms with Crippen LogP contribution in [0.3, 0.4) is 0 Å². The van der Waals surface area contributed by atoms with Gasteiger partial charge in [-0.05, 0) is 24.7 Å². The van der Waals surface area contributed by atoms with Gasteiger partial charge in [-0.1, -0.05) is 66.2 Å². The Labute approximate surface area is 182 Å². The van der Waals surface area contributed by atoms with Gasteiger partial charge in [-0.15, -0.1) is 4.91 Å². The van der Waals surface area contributed by atoms with Crippen LogP contribution in [0.15, 0.2) is 5.29 Å². The molecule has 0 saturated heterocycles. The number of hydrogen-bond acceptors (Lipinski definition) is 7. The molecule has 2 amide bonds. The predicted octanol–water partition coefficient (Wildman–Crippen LogP) is 4.06. The van der Waals surface area contributed by atoms with E-state index >= 15 is 0 Å². The van der Waals surface area contributed by atoms with Crippen LogP contribution >= 0.6 is 7.82 Å². The molecule has 9 nitrogen and oxygen atoms in total. The molecule has 0 bridgehead atoms. The number of phosphoric acid groups is 1. The molecule has 176 valence electrons. The maximum absolute atomic E-state index is 11.8. The summed E-state index contributed by atoms with van der Waals surface area (Å²) in [5, 5.41) is 2.70. The van der Waals surface area contributed by atoms with Gasteiger partial charge in [-0.3, -0.25) is 4.57 Å². The Morgan fingerprint density at radius 3 is 1.62 bits per heavy atom. The van der Waals surface area contributed by atoms with Gasteiger partial charge in [-0.25, -0.2) is 4.79 Å². The lowest BCUT2D eigenvalue weighted by Crippen LogP contribution is -2.26. The molecule has 2 N–H and O–H groups in total. The average molecular weight is 462 g/mol. The molecule has 0 radical (unpaired) electrons. The van der Waals surface area contributed by atoms with Crippen LogP contribution in [0.5, 0.6) is 0 Å². The molecule has 29 heavy (non-hydrogen) atoms. The summed E-state index contributed by atoms with van der Waals surface area (Å²) in [6.07, 6.45) is 8.38. The van der Waals surface area contributed by atoms with E-state index in [1.807, 2.05) is 0 Å². The highest BCUT2D eigenvalue weighted by molar-refractivity contribution is 7.45. The van der Waals surface area contributed by atoms with Gasteiger partial charge in [0.1, 0.15) is 0 Å². The fourth-order valence-electron chi connectivity index (χ4n) is 2.27. The molecule has 0 saturated carbocycles. The third-order valence-electron chi connectivity index (χ3n) is 4.46. The van der Waals surface area contributed by atoms with Crippen molar-refractivity contribution in [1.82, 2.24) is 5.01 Å². The average Bonchev–Trinajstić information content (AvgIpc) is 2.68. The van der Waals surface area contributed by atoms with Gasteiger partial charge in [0.15, 0.2) is 0 Å². The second kappa shape index (κ2) is 20.5. The molecule has 11 heteroatoms. The van der Waals surface area contributed by atoms with Gasteiger partial charge in [0.2, 0.25) is 0 Å². The van der Waals surface area contributed by atoms with E-state index < -0.39 is 13.9 Å². The molecular weight excluding hydrogens is 421 g/mol. The van der Waals surface area contributed by atoms with Crippen LogP contribution in [0.1, 0.15) is 79.1 Å². The van der Waals surface area contributed by atoms with Crippen LogP contribution in [0.25, 0.3) is 0 Å². The van der Waals surface area contributed by atoms with E-state index in [0.29, 0.717) is 16.8 Å². The van der Waals surface area contributed by atoms with Crippen LogP contribution in [0.4, 0.5) is 4.79 Å². The van der Waals surface area contributed by atoms with Crippen LogP contribution in [-0.4, -0.2) is 31.3 Å². The number of amides is 2. The van der Waals surface area contributed by atoms with Crippen molar-refractivity contribution in [1.29, 1.82) is 0 Å². The fourth-order valence-corrected chi connectivity index (χ4v) is 3.13. The monoisotopic (exact) mass is 461 g/mol. The van der Waals surface area contributed by atoms with Crippen LogP contribution in [0, 0.1) is 29.1 Å². The standard InChI is InChI=1S/C16H35O4P.C2H5N3O2.ClH2/c1-5-9-11-15(7-3)13-19-21(17,18)20-14-16(8-4)12-10-6-2;1-5(4-7)2(3)6;/h15-16H,5-14H2,1-4H3,(H,17,18);1H3,(H2,3,6);1H2/q;;+1/p-1. The molecule has 0 aliphatic heterocycles. The molecule has 0 aromatic carbocycles. The second-order valence-electron chi connectivity index (χ2n) is 6.82. The van der Waals surface area contributed by atoms with Gasteiger partial charge in [0.05, 0.1) is 30.9 Å². The molecule has 2 atom stereocenters. The number of nitroso groups, excluding NO2 is 1. The Morgan fingerprint density at radius 1 is 1.03 bits per heavy atom. The maximum atomic E-state index is 11.8. The Kier molecular flexibility index (Phi) is 23.3. The Bertz CT molecular complexity index is 435. The minimum absolute atomic E-state index is 0. The van der Waals surface area contributed by atoms with E-state index in [1.165, 1.54) is 7.05 Å². The predicted molar refractivity (Wildman–Crippen MR) is 112 cm³/mol. The lowest BCUT2D eigenvalue weighted by molar-refractivity contribution is -0.227. The van der Waals surface area contributed by atoms with Crippen molar-refractivity contribution in [3.05, 3.63) is 4.91 Å². The first-order valence-corrected chi connectivity index (χ1v) is 11.6. The summed E-state index contributed by atoms with van der Waals surface area (Å²) in [5.74, 6) is 0.607. The zero-order chi connectivity index (χ0) is 22.0. The first kappa shape index (κ1) is 32.9. The highest BCUT2D eigenvalue weighted by Crippen LogP contribution is 2.40. The second-order valence-corrected chi connectivity index (χ2v) is 8.23. The molecule has 0 aromatic rings. The molecule has 0 spiro atoms. The van der Waals surface area contributed by atoms with Crippen molar-refractivity contribution >= 4 is 13.9 Å². The smallest absolute Gasteiger partial charge is 0.337 e. The molecule has 0 rings (SSSR count). The number of carbonyl (C=O) groups is 1. The van der Waals surface area contributed by atoms with Crippen LogP contribution in [0.2, 0.25) is 0 Å². The van der Waals surface area contributed by atoms with Gasteiger partial charge < -0.3 is 19.7 Å². The van der Waals surface area contributed by atoms with Crippen molar-refractivity contribution in [3.63, 3.8) is 0 Å². The maximum Gasteiger partial charge on any atom is 0.337 e. The first-order valence-electron chi connectivity index (χ1n) is 10.1. The van der Waals surface area contributed by atoms with Gasteiger partial charge >= 0.3 is 6.03 Å². The van der Waals surface area contributed by atoms with Crippen molar-refractivity contribution in [3.8, 4) is 0 Å². The minimum atomic E-state index is -4.14. The number of primary amides is 1. The number of nitrogens with zero attached hydrogens (tertiary/aromatic N) is 2. The number of phosphoric ester groups is 1. The lowest BCUT2D eigenvalue weighted by Gasteiger charge is -2.27. The molecule has 0 fully saturated rings. The number of hydrogen-bond donors (Lipinski definition) is 1. The van der Waals surface area contributed by atoms with E-state index in [-0.39, 0.29) is 25.6 Å². The van der Waals surface area contributed by atoms with Gasteiger partial charge in [-0.2, -0.15) is 5.01 Å². The van der Waals surface area contributed by atoms with E-state index in [9.17, 15) is 19.2 Å². The van der Waals surface area contributed by atoms with Crippen molar-refractivity contribution in [2.45, 2.75) is 79.1 Å². The van der Waals surface area contributed by atoms with E-state index in [2.05, 4.69) is 38.7 Å². The van der Waals surface area contributed by atoms with E-state index in [0.717, 1.165) is 51.4 Å². The number of carbonyl (C=O) groups excluding carboxylic acids is 1. The van der Waals surface area contributed by atoms with Crippen molar-refractivity contribution < 1.29 is 35.7 Å². The topological polar surface area (TPSA) is 134 Å². The lowest BCUT2D eigenvalue weighted by atomic mass is 10.0. The Balaban J connectivity index is -0.000000721. The normalized spacial score (nSPS) is 14.4. The molecule has 0 heterocycles. The van der Waals surface area contributed by atoms with Crippen LogP contribution in [-0.2, 0) is 13.6 Å². The van der Waals surface area contributed by atoms with Gasteiger partial charge in [0.25, 0.3) is 7.82 Å². The van der Waals surface area contributed by atoms with E-state index in [4.69, 9.17) is 9.05 Å². The number of halogens is 1. The fraction of sp³-hybridized carbons (Fsp3) is 0.944. The summed E-state index contributed by atoms with van der Waals surface area (Å²) in [6, 6.07) is -0.852. The highest BCUT2D eigenvalue weighted by Gasteiger charge is 2.16. The summed E-state index contributed by atoms with van der Waals surface area (Å²) in [4.78, 5) is 30.9. The Morgan fingerprint density at radius 2 is 1.41 bits per heavy atom. The van der Waals surface area contributed by atoms with Crippen molar-refractivity contribution in [2.24, 2.45) is 22.9 Å². The third kappa shape index (κ3) is 20.3. The number of urea groups is 1. The molecule has 0 aliphatic rings. The molecule has 0 aromatic heterocycles. The van der Waals surface area contributed by atoms with Crippen molar-refractivity contribution in [2.75, 3.05) is 20.3 Å². The van der Waals surface area contributed by atoms with Gasteiger partial charge in [0, 0.05) is 7.05 Å². The Hall–Kier alpha value is -0.730. The summed E-state index contributed by atoms with van der Waals surface area (Å²) < 4.78 is 21.9. The number of rotatable bonds is 15. The summed E-state index contributed by atoms with van der Waals surface area (Å²) in [6.45, 7) is 8.91. The SMILES string of the molecule is CCCCC(CC)COP(=O)([O-])OCC(CC)CCCC.CN(N=O)C(N)=O.[ClH2+]. The quantitative estimate of drug-likeness (QED) is 0.222. The zero-order valence-electron chi connectivity index (χ0n) is 18.5. The largest absolute Gasteiger partial charge is 0.756 e. The third-order valence-corrected chi connectivity index (χ3v) is 5.40. The molecular formula is C18H41ClN3O6P. The summed E-state index contributed by atoms with van der Waals surface area (Å²) >= 11 is 0. The highest BCUT2D eigenvalue weighted by atomic mass is 35.5. The zero-order valence-corrected chi connectivity index (χ0v) is 20.3. The summed E-state index contributed by atoms with van der Waals surface area (Å²) in [7, 11) is -2.96. The van der Waals surface area contributed by atoms with E-state index in [1.54, 1.807) is 0 Å². The summed E-state index contributed by atoms with van der Waals surface area (Å²) in [5.41, 5.74) is 4.54.